The Morgan fingerprint density at radius 3 is 2.59 bits per heavy atom. The van der Waals surface area contributed by atoms with Gasteiger partial charge < -0.3 is 34.3 Å². The van der Waals surface area contributed by atoms with Gasteiger partial charge in [-0.15, -0.1) is 0 Å². The van der Waals surface area contributed by atoms with Crippen LogP contribution in [-0.4, -0.2) is 60.0 Å². The van der Waals surface area contributed by atoms with Gasteiger partial charge in [0.2, 0.25) is 6.79 Å². The highest BCUT2D eigenvalue weighted by Crippen LogP contribution is 2.35. The summed E-state index contributed by atoms with van der Waals surface area (Å²) in [6.45, 7) is 8.20. The molecule has 1 aliphatic rings. The summed E-state index contributed by atoms with van der Waals surface area (Å²) in [6.07, 6.45) is 0. The van der Waals surface area contributed by atoms with Gasteiger partial charge in [0.25, 0.3) is 5.56 Å². The van der Waals surface area contributed by atoms with Crippen LogP contribution in [0.5, 0.6) is 17.2 Å². The number of pyridine rings is 1. The minimum Gasteiger partial charge on any atom is -0.495 e. The van der Waals surface area contributed by atoms with Crippen LogP contribution in [0.25, 0.3) is 10.9 Å². The second-order valence-electron chi connectivity index (χ2n) is 8.00. The number of hydrogen-bond donors (Lipinski definition) is 2. The van der Waals surface area contributed by atoms with E-state index < -0.39 is 0 Å². The second kappa shape index (κ2) is 10.8. The molecule has 1 aliphatic heterocycles. The van der Waals surface area contributed by atoms with E-state index in [9.17, 15) is 4.79 Å². The molecule has 9 heteroatoms. The molecule has 0 spiro atoms. The largest absolute Gasteiger partial charge is 0.495 e. The van der Waals surface area contributed by atoms with E-state index in [1.165, 1.54) is 0 Å². The van der Waals surface area contributed by atoms with Crippen molar-refractivity contribution in [2.24, 2.45) is 0 Å². The Labute approximate surface area is 204 Å². The van der Waals surface area contributed by atoms with Gasteiger partial charge in [-0.25, -0.2) is 0 Å². The van der Waals surface area contributed by atoms with Gasteiger partial charge in [0.15, 0.2) is 16.6 Å². The van der Waals surface area contributed by atoms with Crippen molar-refractivity contribution in [2.75, 3.05) is 45.4 Å². The van der Waals surface area contributed by atoms with Gasteiger partial charge in [0, 0.05) is 30.1 Å². The number of nitrogens with one attached hydrogen (secondary N) is 2. The predicted octanol–water partition coefficient (Wildman–Crippen LogP) is 3.81. The van der Waals surface area contributed by atoms with Crippen LogP contribution in [0.3, 0.4) is 0 Å². The molecule has 8 nitrogen and oxygen atoms in total. The monoisotopic (exact) mass is 482 g/mol. The number of nitrogens with zero attached hydrogens (tertiary/aromatic N) is 2. The number of para-hydroxylation sites is 2. The number of likely N-dealkylation sites (N-methyl/N-ethyl adjacent to an activating group) is 1. The van der Waals surface area contributed by atoms with Crippen molar-refractivity contribution >= 4 is 33.9 Å². The number of aromatic amines is 1. The zero-order chi connectivity index (χ0) is 24.1. The van der Waals surface area contributed by atoms with Gasteiger partial charge in [0.1, 0.15) is 5.75 Å². The van der Waals surface area contributed by atoms with Crippen molar-refractivity contribution in [3.05, 3.63) is 58.4 Å². The molecule has 0 saturated heterocycles. The van der Waals surface area contributed by atoms with Gasteiger partial charge in [-0.1, -0.05) is 26.0 Å². The summed E-state index contributed by atoms with van der Waals surface area (Å²) in [6, 6.07) is 13.2. The van der Waals surface area contributed by atoms with Gasteiger partial charge in [-0.05, 0) is 49.6 Å². The fraction of sp³-hybridized carbons (Fsp3) is 0.360. The maximum absolute atomic E-state index is 13.0. The van der Waals surface area contributed by atoms with E-state index in [1.807, 2.05) is 41.3 Å². The molecule has 0 atom stereocenters. The fourth-order valence-electron chi connectivity index (χ4n) is 3.96. The highest BCUT2D eigenvalue weighted by Gasteiger charge is 2.18. The Balaban J connectivity index is 1.61. The molecule has 0 fully saturated rings. The lowest BCUT2D eigenvalue weighted by molar-refractivity contribution is 0.174. The summed E-state index contributed by atoms with van der Waals surface area (Å²) in [4.78, 5) is 20.3. The minimum absolute atomic E-state index is 0.153. The van der Waals surface area contributed by atoms with E-state index >= 15 is 0 Å². The standard InChI is InChI=1S/C25H30N4O4S/c1-4-28(5-2)10-11-29(25(34)27-19-8-6-7-9-21(19)31-3)15-18-12-17-13-22-23(33-16-32-22)14-20(17)26-24(18)30/h6-9,12-14H,4-5,10-11,15-16H2,1-3H3,(H,26,30)(H,27,34). The van der Waals surface area contributed by atoms with Crippen LogP contribution in [0.15, 0.2) is 47.3 Å². The Morgan fingerprint density at radius 2 is 1.85 bits per heavy atom. The van der Waals surface area contributed by atoms with Crippen LogP contribution in [0.2, 0.25) is 0 Å². The third kappa shape index (κ3) is 5.26. The lowest BCUT2D eigenvalue weighted by Gasteiger charge is -2.29. The quantitative estimate of drug-likeness (QED) is 0.446. The maximum Gasteiger partial charge on any atom is 0.253 e. The third-order valence-electron chi connectivity index (χ3n) is 5.99. The summed E-state index contributed by atoms with van der Waals surface area (Å²) in [5.74, 6) is 2.02. The average Bonchev–Trinajstić information content (AvgIpc) is 3.30. The van der Waals surface area contributed by atoms with E-state index in [4.69, 9.17) is 26.4 Å². The predicted molar refractivity (Wildman–Crippen MR) is 138 cm³/mol. The normalized spacial score (nSPS) is 12.2. The topological polar surface area (TPSA) is 79.1 Å². The number of rotatable bonds is 9. The molecule has 0 unspecified atom stereocenters. The highest BCUT2D eigenvalue weighted by atomic mass is 32.1. The molecule has 2 N–H and O–H groups in total. The molecule has 0 radical (unpaired) electrons. The summed E-state index contributed by atoms with van der Waals surface area (Å²) < 4.78 is 16.4. The van der Waals surface area contributed by atoms with Crippen molar-refractivity contribution in [1.29, 1.82) is 0 Å². The lowest BCUT2D eigenvalue weighted by atomic mass is 10.1. The van der Waals surface area contributed by atoms with E-state index in [0.717, 1.165) is 30.7 Å². The van der Waals surface area contributed by atoms with Gasteiger partial charge in [-0.2, -0.15) is 0 Å². The SMILES string of the molecule is CCN(CC)CCN(Cc1cc2cc3c(cc2[nH]c1=O)OCO3)C(=S)Nc1ccccc1OC. The number of thiocarbonyl (C=S) groups is 1. The number of fused-ring (bicyclic) bond motifs is 2. The highest BCUT2D eigenvalue weighted by molar-refractivity contribution is 7.80. The minimum atomic E-state index is -0.153. The first-order valence-electron chi connectivity index (χ1n) is 11.4. The zero-order valence-electron chi connectivity index (χ0n) is 19.7. The Kier molecular flexibility index (Phi) is 7.54. The first-order valence-corrected chi connectivity index (χ1v) is 11.8. The number of aromatic nitrogens is 1. The molecule has 0 bridgehead atoms. The van der Waals surface area contributed by atoms with Crippen LogP contribution in [0.1, 0.15) is 19.4 Å². The smallest absolute Gasteiger partial charge is 0.253 e. The van der Waals surface area contributed by atoms with Crippen molar-refractivity contribution in [3.8, 4) is 17.2 Å². The van der Waals surface area contributed by atoms with E-state index in [0.29, 0.717) is 46.5 Å². The first-order chi connectivity index (χ1) is 16.5. The van der Waals surface area contributed by atoms with Crippen LogP contribution < -0.4 is 25.1 Å². The summed E-state index contributed by atoms with van der Waals surface area (Å²) in [5.41, 5.74) is 1.96. The lowest BCUT2D eigenvalue weighted by Crippen LogP contribution is -2.41. The molecule has 0 saturated carbocycles. The van der Waals surface area contributed by atoms with E-state index in [-0.39, 0.29) is 12.4 Å². The van der Waals surface area contributed by atoms with Crippen LogP contribution in [-0.2, 0) is 6.54 Å². The van der Waals surface area contributed by atoms with Crippen molar-refractivity contribution < 1.29 is 14.2 Å². The first kappa shape index (κ1) is 23.8. The fourth-order valence-corrected chi connectivity index (χ4v) is 4.23. The second-order valence-corrected chi connectivity index (χ2v) is 8.38. The van der Waals surface area contributed by atoms with Crippen LogP contribution in [0.4, 0.5) is 5.69 Å². The van der Waals surface area contributed by atoms with Crippen molar-refractivity contribution in [3.63, 3.8) is 0 Å². The number of anilines is 1. The van der Waals surface area contributed by atoms with Gasteiger partial charge in [0.05, 0.1) is 24.9 Å². The number of ether oxygens (including phenoxy) is 3. The third-order valence-corrected chi connectivity index (χ3v) is 6.35. The Bertz CT molecular complexity index is 1230. The summed E-state index contributed by atoms with van der Waals surface area (Å²) in [7, 11) is 1.63. The van der Waals surface area contributed by atoms with Crippen molar-refractivity contribution in [1.82, 2.24) is 14.8 Å². The maximum atomic E-state index is 13.0. The van der Waals surface area contributed by atoms with Crippen LogP contribution >= 0.6 is 12.2 Å². The van der Waals surface area contributed by atoms with Gasteiger partial charge in [-0.3, -0.25) is 4.79 Å². The molecule has 180 valence electrons. The van der Waals surface area contributed by atoms with E-state index in [1.54, 1.807) is 13.2 Å². The van der Waals surface area contributed by atoms with Crippen molar-refractivity contribution in [2.45, 2.75) is 20.4 Å². The number of hydrogen-bond acceptors (Lipinski definition) is 6. The summed E-state index contributed by atoms with van der Waals surface area (Å²) >= 11 is 5.78. The van der Waals surface area contributed by atoms with Gasteiger partial charge >= 0.3 is 0 Å². The average molecular weight is 483 g/mol. The number of methoxy groups -OCH3 is 1. The molecule has 34 heavy (non-hydrogen) atoms. The zero-order valence-corrected chi connectivity index (χ0v) is 20.5. The molecular formula is C25H30N4O4S. The summed E-state index contributed by atoms with van der Waals surface area (Å²) in [5, 5.41) is 4.71. The Hall–Kier alpha value is -3.30. The molecule has 3 aromatic rings. The van der Waals surface area contributed by atoms with Crippen LogP contribution in [0, 0.1) is 0 Å². The molecule has 0 aliphatic carbocycles. The number of H-pyrrole nitrogens is 1. The molecule has 2 aromatic carbocycles. The molecule has 0 amide bonds. The Morgan fingerprint density at radius 1 is 1.12 bits per heavy atom. The van der Waals surface area contributed by atoms with E-state index in [2.05, 4.69) is 29.0 Å². The molecule has 4 rings (SSSR count). The molecule has 1 aromatic heterocycles. The molecule has 2 heterocycles. The number of benzene rings is 2. The molecular weight excluding hydrogens is 452 g/mol.